The Labute approximate surface area is 217 Å². The number of fused-ring (bicyclic) bond motifs is 4. The van der Waals surface area contributed by atoms with Crippen molar-refractivity contribution in [1.29, 1.82) is 0 Å². The highest BCUT2D eigenvalue weighted by Crippen LogP contribution is 2.37. The lowest BCUT2D eigenvalue weighted by atomic mass is 9.90. The van der Waals surface area contributed by atoms with Crippen LogP contribution in [0.1, 0.15) is 37.5 Å². The molecular weight excluding hydrogens is 462 g/mol. The van der Waals surface area contributed by atoms with Crippen molar-refractivity contribution < 1.29 is 19.0 Å². The third-order valence-electron chi connectivity index (χ3n) is 7.35. The topological polar surface area (TPSA) is 60.5 Å². The molecule has 5 aromatic rings. The number of carbonyl (C=O) groups is 1. The number of aromatic nitrogens is 1. The zero-order chi connectivity index (χ0) is 26.2. The Hall–Kier alpha value is -3.83. The van der Waals surface area contributed by atoms with E-state index >= 15 is 0 Å². The fraction of sp³-hybridized carbons (Fsp3) is 0.281. The zero-order valence-corrected chi connectivity index (χ0v) is 22.1. The van der Waals surface area contributed by atoms with Gasteiger partial charge in [0.05, 0.1) is 12.1 Å². The Kier molecular flexibility index (Phi) is 6.65. The van der Waals surface area contributed by atoms with Gasteiger partial charge in [-0.05, 0) is 61.7 Å². The highest BCUT2D eigenvalue weighted by atomic mass is 16.6. The van der Waals surface area contributed by atoms with Crippen LogP contribution in [-0.4, -0.2) is 30.8 Å². The molecule has 5 rings (SSSR count). The minimum absolute atomic E-state index is 0.387. The van der Waals surface area contributed by atoms with Gasteiger partial charge in [-0.2, -0.15) is 0 Å². The van der Waals surface area contributed by atoms with Gasteiger partial charge in [-0.3, -0.25) is 0 Å². The van der Waals surface area contributed by atoms with Gasteiger partial charge < -0.3 is 19.2 Å². The standard InChI is InChI=1S/C32H33NO4/c1-6-36-29-19-26-24-15-9-10-17-28(24)33-30(26)25(21(29)3)18-20(2)37-31(34)32(4,35-5)27-16-11-13-22-12-7-8-14-23(22)27/h7-17,19-20,33H,6,18H2,1-5H3/t20-,32-/m1/s1. The summed E-state index contributed by atoms with van der Waals surface area (Å²) >= 11 is 0. The smallest absolute Gasteiger partial charge is 0.343 e. The van der Waals surface area contributed by atoms with Gasteiger partial charge in [-0.15, -0.1) is 0 Å². The van der Waals surface area contributed by atoms with Crippen molar-refractivity contribution >= 4 is 38.5 Å². The van der Waals surface area contributed by atoms with Crippen LogP contribution < -0.4 is 4.74 Å². The summed E-state index contributed by atoms with van der Waals surface area (Å²) in [5, 5.41) is 4.27. The minimum atomic E-state index is -1.24. The molecule has 0 spiro atoms. The van der Waals surface area contributed by atoms with E-state index in [2.05, 4.69) is 30.1 Å². The molecule has 1 heterocycles. The van der Waals surface area contributed by atoms with E-state index in [9.17, 15) is 4.79 Å². The summed E-state index contributed by atoms with van der Waals surface area (Å²) < 4.78 is 17.9. The van der Waals surface area contributed by atoms with Crippen molar-refractivity contribution in [3.05, 3.63) is 89.5 Å². The summed E-state index contributed by atoms with van der Waals surface area (Å²) in [6.07, 6.45) is 0.152. The number of carbonyl (C=O) groups excluding carboxylic acids is 1. The predicted octanol–water partition coefficient (Wildman–Crippen LogP) is 7.22. The first-order valence-electron chi connectivity index (χ1n) is 12.8. The van der Waals surface area contributed by atoms with E-state index in [0.29, 0.717) is 13.0 Å². The van der Waals surface area contributed by atoms with Crippen LogP contribution in [0.15, 0.2) is 72.8 Å². The Bertz CT molecular complexity index is 1600. The SMILES string of the molecule is CCOc1cc2c([nH]c3ccccc32)c(C[C@@H](C)OC(=O)[C@](C)(OC)c2cccc3ccccc23)c1C. The molecule has 0 fully saturated rings. The summed E-state index contributed by atoms with van der Waals surface area (Å²) in [4.78, 5) is 17.2. The Morgan fingerprint density at radius 1 is 0.973 bits per heavy atom. The number of ether oxygens (including phenoxy) is 3. The van der Waals surface area contributed by atoms with Crippen LogP contribution in [0, 0.1) is 6.92 Å². The van der Waals surface area contributed by atoms with Gasteiger partial charge in [0.25, 0.3) is 0 Å². The maximum Gasteiger partial charge on any atom is 0.343 e. The highest BCUT2D eigenvalue weighted by Gasteiger charge is 2.39. The molecular formula is C32H33NO4. The van der Waals surface area contributed by atoms with Crippen LogP contribution in [0.3, 0.4) is 0 Å². The van der Waals surface area contributed by atoms with Crippen LogP contribution in [0.5, 0.6) is 5.75 Å². The number of esters is 1. The Morgan fingerprint density at radius 2 is 1.68 bits per heavy atom. The molecule has 0 unspecified atom stereocenters. The first-order chi connectivity index (χ1) is 17.9. The molecule has 0 aliphatic carbocycles. The van der Waals surface area contributed by atoms with Gasteiger partial charge in [0.1, 0.15) is 11.9 Å². The Balaban J connectivity index is 1.49. The summed E-state index contributed by atoms with van der Waals surface area (Å²) in [5.74, 6) is 0.441. The van der Waals surface area contributed by atoms with Gasteiger partial charge in [0.2, 0.25) is 0 Å². The number of methoxy groups -OCH3 is 1. The number of H-pyrrole nitrogens is 1. The van der Waals surface area contributed by atoms with Crippen molar-refractivity contribution in [3.8, 4) is 5.75 Å². The average Bonchev–Trinajstić information content (AvgIpc) is 3.28. The second-order valence-electron chi connectivity index (χ2n) is 9.69. The van der Waals surface area contributed by atoms with E-state index in [1.165, 1.54) is 0 Å². The summed E-state index contributed by atoms with van der Waals surface area (Å²) in [5.41, 5.74) is 3.80. The maximum absolute atomic E-state index is 13.6. The first kappa shape index (κ1) is 24.8. The predicted molar refractivity (Wildman–Crippen MR) is 149 cm³/mol. The molecule has 0 bridgehead atoms. The van der Waals surface area contributed by atoms with Gasteiger partial charge in [-0.25, -0.2) is 4.79 Å². The number of aromatic amines is 1. The van der Waals surface area contributed by atoms with E-state index in [1.54, 1.807) is 14.0 Å². The summed E-state index contributed by atoms with van der Waals surface area (Å²) in [6.45, 7) is 8.34. The Morgan fingerprint density at radius 3 is 2.43 bits per heavy atom. The lowest BCUT2D eigenvalue weighted by molar-refractivity contribution is -0.173. The largest absolute Gasteiger partial charge is 0.494 e. The number of benzene rings is 4. The molecule has 4 aromatic carbocycles. The van der Waals surface area contributed by atoms with Crippen LogP contribution in [0.25, 0.3) is 32.6 Å². The molecule has 0 radical (unpaired) electrons. The minimum Gasteiger partial charge on any atom is -0.494 e. The van der Waals surface area contributed by atoms with Gasteiger partial charge in [0, 0.05) is 35.4 Å². The molecule has 0 amide bonds. The quantitative estimate of drug-likeness (QED) is 0.231. The number of hydrogen-bond acceptors (Lipinski definition) is 4. The number of rotatable bonds is 8. The fourth-order valence-electron chi connectivity index (χ4n) is 5.26. The van der Waals surface area contributed by atoms with Gasteiger partial charge >= 0.3 is 5.97 Å². The third-order valence-corrected chi connectivity index (χ3v) is 7.35. The van der Waals surface area contributed by atoms with E-state index in [1.807, 2.05) is 68.4 Å². The van der Waals surface area contributed by atoms with Crippen LogP contribution in [0.2, 0.25) is 0 Å². The highest BCUT2D eigenvalue weighted by molar-refractivity contribution is 6.09. The molecule has 190 valence electrons. The molecule has 0 aliphatic heterocycles. The van der Waals surface area contributed by atoms with Crippen LogP contribution in [0.4, 0.5) is 0 Å². The first-order valence-corrected chi connectivity index (χ1v) is 12.8. The molecule has 0 saturated carbocycles. The average molecular weight is 496 g/mol. The number of hydrogen-bond donors (Lipinski definition) is 1. The molecule has 1 aromatic heterocycles. The van der Waals surface area contributed by atoms with Crippen LogP contribution >= 0.6 is 0 Å². The third kappa shape index (κ3) is 4.34. The van der Waals surface area contributed by atoms with Crippen molar-refractivity contribution in [2.75, 3.05) is 13.7 Å². The second-order valence-corrected chi connectivity index (χ2v) is 9.69. The van der Waals surface area contributed by atoms with Gasteiger partial charge in [0.15, 0.2) is 5.60 Å². The summed E-state index contributed by atoms with van der Waals surface area (Å²) in [6, 6.07) is 24.3. The molecule has 37 heavy (non-hydrogen) atoms. The van der Waals surface area contributed by atoms with E-state index < -0.39 is 11.6 Å². The fourth-order valence-corrected chi connectivity index (χ4v) is 5.26. The summed E-state index contributed by atoms with van der Waals surface area (Å²) in [7, 11) is 1.55. The zero-order valence-electron chi connectivity index (χ0n) is 22.1. The van der Waals surface area contributed by atoms with Gasteiger partial charge in [-0.1, -0.05) is 60.7 Å². The lowest BCUT2D eigenvalue weighted by Crippen LogP contribution is -2.38. The molecule has 2 atom stereocenters. The van der Waals surface area contributed by atoms with Crippen molar-refractivity contribution in [1.82, 2.24) is 4.98 Å². The van der Waals surface area contributed by atoms with E-state index in [4.69, 9.17) is 14.2 Å². The lowest BCUT2D eigenvalue weighted by Gasteiger charge is -2.29. The molecule has 5 nitrogen and oxygen atoms in total. The molecule has 0 saturated heterocycles. The van der Waals surface area contributed by atoms with E-state index in [0.717, 1.165) is 55.0 Å². The number of para-hydroxylation sites is 1. The molecule has 0 aliphatic rings. The second kappa shape index (κ2) is 9.91. The molecule has 5 heteroatoms. The van der Waals surface area contributed by atoms with Crippen molar-refractivity contribution in [2.45, 2.75) is 45.8 Å². The van der Waals surface area contributed by atoms with Crippen LogP contribution in [-0.2, 0) is 26.3 Å². The van der Waals surface area contributed by atoms with E-state index in [-0.39, 0.29) is 6.10 Å². The van der Waals surface area contributed by atoms with Crippen molar-refractivity contribution in [3.63, 3.8) is 0 Å². The monoisotopic (exact) mass is 495 g/mol. The molecule has 1 N–H and O–H groups in total. The maximum atomic E-state index is 13.6. The normalized spacial score (nSPS) is 14.1. The number of nitrogens with one attached hydrogen (secondary N) is 1. The van der Waals surface area contributed by atoms with Crippen molar-refractivity contribution in [2.24, 2.45) is 0 Å².